The van der Waals surface area contributed by atoms with Crippen LogP contribution >= 0.6 is 0 Å². The van der Waals surface area contributed by atoms with Crippen LogP contribution in [0.5, 0.6) is 0 Å². The highest BCUT2D eigenvalue weighted by Crippen LogP contribution is 2.25. The first kappa shape index (κ1) is 15.8. The molecular weight excluding hydrogens is 274 g/mol. The predicted molar refractivity (Wildman–Crippen MR) is 67.5 cm³/mol. The third-order valence-corrected chi connectivity index (χ3v) is 2.75. The minimum Gasteiger partial charge on any atom is -0.481 e. The number of hydrogen-bond donors (Lipinski definition) is 2. The van der Waals surface area contributed by atoms with Crippen LogP contribution in [-0.2, 0) is 4.79 Å². The van der Waals surface area contributed by atoms with Gasteiger partial charge in [-0.15, -0.1) is 0 Å². The number of carbonyl (C=O) groups is 1. The van der Waals surface area contributed by atoms with Gasteiger partial charge in [-0.1, -0.05) is 13.3 Å². The molecule has 1 unspecified atom stereocenters. The second-order valence-corrected chi connectivity index (χ2v) is 4.25. The highest BCUT2D eigenvalue weighted by atomic mass is 19.1. The Labute approximate surface area is 113 Å². The molecule has 0 bridgehead atoms. The zero-order valence-electron chi connectivity index (χ0n) is 10.7. The van der Waals surface area contributed by atoms with E-state index >= 15 is 0 Å². The molecular formula is C12H14F2N2O4. The molecule has 0 fully saturated rings. The van der Waals surface area contributed by atoms with Gasteiger partial charge in [0, 0.05) is 6.54 Å². The maximum absolute atomic E-state index is 13.6. The Bertz CT molecular complexity index is 499. The molecule has 0 heterocycles. The first-order valence-corrected chi connectivity index (χ1v) is 5.96. The molecule has 8 heteroatoms. The van der Waals surface area contributed by atoms with Gasteiger partial charge in [0.25, 0.3) is 5.69 Å². The number of anilines is 1. The molecule has 0 aromatic heterocycles. The number of rotatable bonds is 7. The lowest BCUT2D eigenvalue weighted by molar-refractivity contribution is -0.385. The number of carboxylic acids is 1. The van der Waals surface area contributed by atoms with Gasteiger partial charge in [-0.25, -0.2) is 8.78 Å². The van der Waals surface area contributed by atoms with Crippen molar-refractivity contribution >= 4 is 17.3 Å². The highest BCUT2D eigenvalue weighted by molar-refractivity contribution is 5.71. The molecule has 0 amide bonds. The van der Waals surface area contributed by atoms with Crippen molar-refractivity contribution in [2.75, 3.05) is 11.9 Å². The number of nitro groups is 1. The van der Waals surface area contributed by atoms with E-state index in [2.05, 4.69) is 5.32 Å². The van der Waals surface area contributed by atoms with Gasteiger partial charge in [0.05, 0.1) is 23.0 Å². The first-order chi connectivity index (χ1) is 9.36. The molecule has 0 aliphatic carbocycles. The van der Waals surface area contributed by atoms with E-state index < -0.39 is 39.8 Å². The summed E-state index contributed by atoms with van der Waals surface area (Å²) in [6.45, 7) is 1.64. The van der Waals surface area contributed by atoms with Gasteiger partial charge in [-0.3, -0.25) is 14.9 Å². The second kappa shape index (κ2) is 6.78. The van der Waals surface area contributed by atoms with Crippen molar-refractivity contribution in [1.29, 1.82) is 0 Å². The maximum atomic E-state index is 13.6. The molecule has 2 N–H and O–H groups in total. The zero-order valence-corrected chi connectivity index (χ0v) is 10.7. The number of nitrogens with zero attached hydrogens (tertiary/aromatic N) is 1. The molecule has 0 aliphatic heterocycles. The van der Waals surface area contributed by atoms with E-state index in [9.17, 15) is 23.7 Å². The molecule has 20 heavy (non-hydrogen) atoms. The topological polar surface area (TPSA) is 92.5 Å². The number of carboxylic acid groups (broad SMARTS) is 1. The van der Waals surface area contributed by atoms with E-state index in [1.807, 2.05) is 0 Å². The number of nitro benzene ring substituents is 1. The van der Waals surface area contributed by atoms with Crippen molar-refractivity contribution in [3.63, 3.8) is 0 Å². The summed E-state index contributed by atoms with van der Waals surface area (Å²) in [6, 6.07) is 1.17. The van der Waals surface area contributed by atoms with Crippen molar-refractivity contribution in [2.24, 2.45) is 5.92 Å². The number of halogens is 2. The molecule has 1 atom stereocenters. The molecule has 1 rings (SSSR count). The highest BCUT2D eigenvalue weighted by Gasteiger charge is 2.20. The average Bonchev–Trinajstić information content (AvgIpc) is 2.35. The molecule has 0 spiro atoms. The Balaban J connectivity index is 2.87. The lowest BCUT2D eigenvalue weighted by atomic mass is 10.0. The minimum absolute atomic E-state index is 0.158. The van der Waals surface area contributed by atoms with Crippen LogP contribution in [0.3, 0.4) is 0 Å². The SMILES string of the molecule is CCCC(CNc1c(F)cc([N+](=O)[O-])cc1F)C(=O)O. The Kier molecular flexibility index (Phi) is 5.36. The van der Waals surface area contributed by atoms with Gasteiger partial charge in [0.15, 0.2) is 11.6 Å². The molecule has 6 nitrogen and oxygen atoms in total. The molecule has 0 saturated carbocycles. The Morgan fingerprint density at radius 1 is 1.45 bits per heavy atom. The summed E-state index contributed by atoms with van der Waals surface area (Å²) < 4.78 is 27.1. The summed E-state index contributed by atoms with van der Waals surface area (Å²) in [4.78, 5) is 20.4. The molecule has 0 aliphatic rings. The monoisotopic (exact) mass is 288 g/mol. The summed E-state index contributed by atoms with van der Waals surface area (Å²) in [6.07, 6.45) is 0.975. The van der Waals surface area contributed by atoms with Crippen LogP contribution in [0.2, 0.25) is 0 Å². The third-order valence-electron chi connectivity index (χ3n) is 2.75. The largest absolute Gasteiger partial charge is 0.481 e. The number of aliphatic carboxylic acids is 1. The molecule has 0 radical (unpaired) electrons. The predicted octanol–water partition coefficient (Wildman–Crippen LogP) is 2.79. The van der Waals surface area contributed by atoms with Crippen LogP contribution < -0.4 is 5.32 Å². The fraction of sp³-hybridized carbons (Fsp3) is 0.417. The van der Waals surface area contributed by atoms with E-state index in [-0.39, 0.29) is 6.54 Å². The average molecular weight is 288 g/mol. The van der Waals surface area contributed by atoms with Crippen LogP contribution in [0.4, 0.5) is 20.2 Å². The van der Waals surface area contributed by atoms with Gasteiger partial charge in [0.1, 0.15) is 5.69 Å². The standard InChI is InChI=1S/C12H14F2N2O4/c1-2-3-7(12(17)18)6-15-11-9(13)4-8(16(19)20)5-10(11)14/h4-5,7,15H,2-3,6H2,1H3,(H,17,18). The van der Waals surface area contributed by atoms with E-state index in [1.165, 1.54) is 0 Å². The summed E-state index contributed by atoms with van der Waals surface area (Å²) in [7, 11) is 0. The van der Waals surface area contributed by atoms with E-state index in [1.54, 1.807) is 6.92 Å². The van der Waals surface area contributed by atoms with Gasteiger partial charge in [0.2, 0.25) is 0 Å². The lowest BCUT2D eigenvalue weighted by Gasteiger charge is -2.14. The van der Waals surface area contributed by atoms with Crippen molar-refractivity contribution < 1.29 is 23.6 Å². The van der Waals surface area contributed by atoms with Crippen LogP contribution in [0.15, 0.2) is 12.1 Å². The van der Waals surface area contributed by atoms with Crippen molar-refractivity contribution in [3.8, 4) is 0 Å². The molecule has 0 saturated heterocycles. The summed E-state index contributed by atoms with van der Waals surface area (Å²) in [5.74, 6) is -4.11. The number of hydrogen-bond acceptors (Lipinski definition) is 4. The fourth-order valence-corrected chi connectivity index (χ4v) is 1.72. The van der Waals surface area contributed by atoms with Gasteiger partial charge >= 0.3 is 5.97 Å². The van der Waals surface area contributed by atoms with Crippen molar-refractivity contribution in [2.45, 2.75) is 19.8 Å². The summed E-state index contributed by atoms with van der Waals surface area (Å²) in [5, 5.41) is 21.7. The normalized spacial score (nSPS) is 11.9. The Morgan fingerprint density at radius 3 is 2.40 bits per heavy atom. The molecule has 110 valence electrons. The quantitative estimate of drug-likeness (QED) is 0.594. The van der Waals surface area contributed by atoms with E-state index in [0.717, 1.165) is 0 Å². The van der Waals surface area contributed by atoms with Gasteiger partial charge < -0.3 is 10.4 Å². The van der Waals surface area contributed by atoms with Crippen LogP contribution in [0.25, 0.3) is 0 Å². The van der Waals surface area contributed by atoms with E-state index in [4.69, 9.17) is 5.11 Å². The summed E-state index contributed by atoms with van der Waals surface area (Å²) >= 11 is 0. The van der Waals surface area contributed by atoms with Gasteiger partial charge in [-0.05, 0) is 6.42 Å². The number of non-ortho nitro benzene ring substituents is 1. The van der Waals surface area contributed by atoms with Crippen molar-refractivity contribution in [1.82, 2.24) is 0 Å². The lowest BCUT2D eigenvalue weighted by Crippen LogP contribution is -2.23. The first-order valence-electron chi connectivity index (χ1n) is 5.96. The number of nitrogens with one attached hydrogen (secondary N) is 1. The molecule has 1 aromatic rings. The maximum Gasteiger partial charge on any atom is 0.308 e. The second-order valence-electron chi connectivity index (χ2n) is 4.25. The third kappa shape index (κ3) is 3.87. The molecule has 1 aromatic carbocycles. The van der Waals surface area contributed by atoms with Crippen molar-refractivity contribution in [3.05, 3.63) is 33.9 Å². The van der Waals surface area contributed by atoms with Gasteiger partial charge in [-0.2, -0.15) is 0 Å². The van der Waals surface area contributed by atoms with Crippen LogP contribution in [0.1, 0.15) is 19.8 Å². The Morgan fingerprint density at radius 2 is 2.00 bits per heavy atom. The Hall–Kier alpha value is -2.25. The summed E-state index contributed by atoms with van der Waals surface area (Å²) in [5.41, 5.74) is -1.26. The van der Waals surface area contributed by atoms with Crippen LogP contribution in [0, 0.1) is 27.7 Å². The van der Waals surface area contributed by atoms with E-state index in [0.29, 0.717) is 25.0 Å². The van der Waals surface area contributed by atoms with Crippen LogP contribution in [-0.4, -0.2) is 22.5 Å². The fourth-order valence-electron chi connectivity index (χ4n) is 1.72. The smallest absolute Gasteiger partial charge is 0.308 e. The minimum atomic E-state index is -1.13. The number of benzene rings is 1. The zero-order chi connectivity index (χ0) is 15.3.